The summed E-state index contributed by atoms with van der Waals surface area (Å²) in [6.07, 6.45) is 1.20. The molecular formula is C17H13O4P-2. The molecule has 22 heavy (non-hydrogen) atoms. The summed E-state index contributed by atoms with van der Waals surface area (Å²) >= 11 is 0. The number of ketones is 1. The van der Waals surface area contributed by atoms with E-state index in [9.17, 15) is 19.1 Å². The Kier molecular flexibility index (Phi) is 4.88. The fraction of sp³-hybridized carbons (Fsp3) is 0. The Morgan fingerprint density at radius 2 is 1.55 bits per heavy atom. The highest BCUT2D eigenvalue weighted by Gasteiger charge is 2.11. The van der Waals surface area contributed by atoms with Crippen LogP contribution in [0.3, 0.4) is 0 Å². The highest BCUT2D eigenvalue weighted by molar-refractivity contribution is 7.52. The van der Waals surface area contributed by atoms with Crippen molar-refractivity contribution in [3.63, 3.8) is 0 Å². The molecule has 0 N–H and O–H groups in total. The molecule has 0 fully saturated rings. The number of Topliss-reactive ketones (excluding diaryl/α,β-unsaturated/α-hetero) is 1. The zero-order valence-electron chi connectivity index (χ0n) is 11.6. The standard InChI is InChI=1S/C17H15O4P/c1-13(15-5-3-2-4-6-15)17(18)16-9-7-14(8-10-16)11-12-22(19,20)21/h2-12H,1H2,(H2,19,20,21)/p-2/b12-11+. The summed E-state index contributed by atoms with van der Waals surface area (Å²) in [6.45, 7) is 3.81. The molecule has 0 amide bonds. The summed E-state index contributed by atoms with van der Waals surface area (Å²) in [5, 5.41) is 0. The van der Waals surface area contributed by atoms with Crippen LogP contribution in [0.4, 0.5) is 0 Å². The van der Waals surface area contributed by atoms with Crippen molar-refractivity contribution in [3.8, 4) is 0 Å². The lowest BCUT2D eigenvalue weighted by Crippen LogP contribution is -2.10. The van der Waals surface area contributed by atoms with Crippen molar-refractivity contribution in [2.45, 2.75) is 0 Å². The Hall–Kier alpha value is -2.26. The summed E-state index contributed by atoms with van der Waals surface area (Å²) in [5.41, 5.74) is 2.09. The molecule has 0 saturated carbocycles. The highest BCUT2D eigenvalue weighted by Crippen LogP contribution is 2.26. The first-order chi connectivity index (χ1) is 10.4. The van der Waals surface area contributed by atoms with Gasteiger partial charge in [0, 0.05) is 11.1 Å². The molecule has 0 unspecified atom stereocenters. The van der Waals surface area contributed by atoms with Gasteiger partial charge in [0.25, 0.3) is 0 Å². The van der Waals surface area contributed by atoms with E-state index in [-0.39, 0.29) is 5.78 Å². The summed E-state index contributed by atoms with van der Waals surface area (Å²) in [5.74, 6) is 0.396. The molecule has 5 heteroatoms. The van der Waals surface area contributed by atoms with Crippen LogP contribution in [-0.4, -0.2) is 5.78 Å². The Bertz CT molecular complexity index is 755. The normalized spacial score (nSPS) is 11.5. The van der Waals surface area contributed by atoms with Gasteiger partial charge >= 0.3 is 0 Å². The second kappa shape index (κ2) is 6.67. The molecule has 0 bridgehead atoms. The largest absolute Gasteiger partial charge is 0.808 e. The summed E-state index contributed by atoms with van der Waals surface area (Å²) < 4.78 is 10.5. The third kappa shape index (κ3) is 4.37. The Labute approximate surface area is 128 Å². The molecule has 0 aliphatic rings. The molecule has 0 atom stereocenters. The average Bonchev–Trinajstić information content (AvgIpc) is 2.52. The van der Waals surface area contributed by atoms with Crippen molar-refractivity contribution in [2.75, 3.05) is 0 Å². The molecule has 0 radical (unpaired) electrons. The van der Waals surface area contributed by atoms with Crippen molar-refractivity contribution in [1.29, 1.82) is 0 Å². The van der Waals surface area contributed by atoms with Crippen molar-refractivity contribution in [3.05, 3.63) is 83.7 Å². The van der Waals surface area contributed by atoms with Gasteiger partial charge in [-0.05, 0) is 18.7 Å². The summed E-state index contributed by atoms with van der Waals surface area (Å²) in [4.78, 5) is 33.4. The van der Waals surface area contributed by atoms with Gasteiger partial charge in [-0.25, -0.2) is 0 Å². The lowest BCUT2D eigenvalue weighted by Gasteiger charge is -2.24. The first-order valence-electron chi connectivity index (χ1n) is 6.47. The Morgan fingerprint density at radius 1 is 0.955 bits per heavy atom. The summed E-state index contributed by atoms with van der Waals surface area (Å²) in [7, 11) is -4.68. The molecule has 2 aromatic rings. The minimum absolute atomic E-state index is 0.208. The van der Waals surface area contributed by atoms with Gasteiger partial charge < -0.3 is 14.4 Å². The maximum Gasteiger partial charge on any atom is 0.193 e. The number of hydrogen-bond donors (Lipinski definition) is 0. The lowest BCUT2D eigenvalue weighted by atomic mass is 9.98. The minimum atomic E-state index is -4.68. The van der Waals surface area contributed by atoms with Gasteiger partial charge in [0.1, 0.15) is 0 Å². The zero-order chi connectivity index (χ0) is 16.2. The fourth-order valence-corrected chi connectivity index (χ4v) is 2.22. The van der Waals surface area contributed by atoms with Gasteiger partial charge in [-0.1, -0.05) is 73.1 Å². The maximum absolute atomic E-state index is 12.3. The van der Waals surface area contributed by atoms with Gasteiger partial charge in [0.05, 0.1) is 0 Å². The molecule has 2 rings (SSSR count). The number of carbonyl (C=O) groups excluding carboxylic acids is 1. The maximum atomic E-state index is 12.3. The molecule has 0 aliphatic carbocycles. The van der Waals surface area contributed by atoms with Crippen molar-refractivity contribution in [1.82, 2.24) is 0 Å². The van der Waals surface area contributed by atoms with Crippen LogP contribution in [0.15, 0.2) is 67.0 Å². The van der Waals surface area contributed by atoms with E-state index in [1.54, 1.807) is 36.4 Å². The lowest BCUT2D eigenvalue weighted by molar-refractivity contribution is -0.308. The molecule has 0 aromatic heterocycles. The molecular weight excluding hydrogens is 299 g/mol. The number of hydrogen-bond acceptors (Lipinski definition) is 4. The van der Waals surface area contributed by atoms with Gasteiger partial charge in [-0.15, -0.1) is 0 Å². The second-order valence-electron chi connectivity index (χ2n) is 4.65. The van der Waals surface area contributed by atoms with Crippen LogP contribution in [0.5, 0.6) is 0 Å². The van der Waals surface area contributed by atoms with Crippen LogP contribution >= 0.6 is 7.60 Å². The van der Waals surface area contributed by atoms with Crippen LogP contribution in [0.2, 0.25) is 0 Å². The van der Waals surface area contributed by atoms with E-state index in [2.05, 4.69) is 6.58 Å². The predicted molar refractivity (Wildman–Crippen MR) is 82.9 cm³/mol. The Balaban J connectivity index is 2.17. The first kappa shape index (κ1) is 16.1. The fourth-order valence-electron chi connectivity index (χ4n) is 1.87. The van der Waals surface area contributed by atoms with E-state index in [0.29, 0.717) is 22.5 Å². The van der Waals surface area contributed by atoms with Crippen molar-refractivity contribution < 1.29 is 19.1 Å². The number of allylic oxidation sites excluding steroid dienone is 1. The van der Waals surface area contributed by atoms with E-state index in [4.69, 9.17) is 0 Å². The first-order valence-corrected chi connectivity index (χ1v) is 8.08. The number of rotatable bonds is 5. The van der Waals surface area contributed by atoms with Gasteiger partial charge in [0.2, 0.25) is 0 Å². The SMILES string of the molecule is C=C(C(=O)c1ccc(/C=C/P(=O)([O-])[O-])cc1)c1ccccc1. The number of benzene rings is 2. The van der Waals surface area contributed by atoms with Crippen LogP contribution in [0, 0.1) is 0 Å². The third-order valence-electron chi connectivity index (χ3n) is 3.02. The van der Waals surface area contributed by atoms with E-state index < -0.39 is 7.60 Å². The van der Waals surface area contributed by atoms with E-state index in [1.165, 1.54) is 6.08 Å². The van der Waals surface area contributed by atoms with Crippen molar-refractivity contribution in [2.24, 2.45) is 0 Å². The molecule has 0 saturated heterocycles. The highest BCUT2D eigenvalue weighted by atomic mass is 31.2. The van der Waals surface area contributed by atoms with E-state index >= 15 is 0 Å². The number of carbonyl (C=O) groups is 1. The predicted octanol–water partition coefficient (Wildman–Crippen LogP) is 2.47. The zero-order valence-corrected chi connectivity index (χ0v) is 12.5. The molecule has 0 heterocycles. The van der Waals surface area contributed by atoms with Crippen molar-refractivity contribution >= 4 is 25.0 Å². The quantitative estimate of drug-likeness (QED) is 0.482. The van der Waals surface area contributed by atoms with Crippen LogP contribution < -0.4 is 9.79 Å². The van der Waals surface area contributed by atoms with Crippen LogP contribution in [0.25, 0.3) is 11.6 Å². The van der Waals surface area contributed by atoms with Gasteiger partial charge in [-0.2, -0.15) is 0 Å². The molecule has 4 nitrogen and oxygen atoms in total. The average molecular weight is 312 g/mol. The molecule has 0 spiro atoms. The van der Waals surface area contributed by atoms with E-state index in [0.717, 1.165) is 5.56 Å². The monoisotopic (exact) mass is 312 g/mol. The summed E-state index contributed by atoms with van der Waals surface area (Å²) in [6, 6.07) is 15.4. The second-order valence-corrected chi connectivity index (χ2v) is 6.03. The topological polar surface area (TPSA) is 80.3 Å². The van der Waals surface area contributed by atoms with Gasteiger partial charge in [-0.3, -0.25) is 4.79 Å². The molecule has 112 valence electrons. The third-order valence-corrected chi connectivity index (χ3v) is 3.53. The Morgan fingerprint density at radius 3 is 2.09 bits per heavy atom. The molecule has 2 aromatic carbocycles. The van der Waals surface area contributed by atoms with Crippen LogP contribution in [-0.2, 0) is 4.57 Å². The van der Waals surface area contributed by atoms with E-state index in [1.807, 2.05) is 18.2 Å². The van der Waals surface area contributed by atoms with Gasteiger partial charge in [0.15, 0.2) is 5.78 Å². The smallest absolute Gasteiger partial charge is 0.193 e. The molecule has 0 aliphatic heterocycles. The minimum Gasteiger partial charge on any atom is -0.808 e. The van der Waals surface area contributed by atoms with Crippen LogP contribution in [0.1, 0.15) is 21.5 Å².